The van der Waals surface area contributed by atoms with E-state index < -0.39 is 40.2 Å². The maximum Gasteiger partial charge on any atom is 0.264 e. The van der Waals surface area contributed by atoms with Crippen LogP contribution >= 0.6 is 23.2 Å². The third-order valence-corrected chi connectivity index (χ3v) is 8.66. The molecule has 0 saturated heterocycles. The molecule has 1 atom stereocenters. The van der Waals surface area contributed by atoms with Gasteiger partial charge in [-0.25, -0.2) is 12.8 Å². The van der Waals surface area contributed by atoms with Crippen LogP contribution in [0.2, 0.25) is 10.0 Å². The summed E-state index contributed by atoms with van der Waals surface area (Å²) in [6.45, 7) is 5.10. The third-order valence-electron chi connectivity index (χ3n) is 6.33. The Balaban J connectivity index is 2.04. The van der Waals surface area contributed by atoms with Crippen LogP contribution in [-0.2, 0) is 26.2 Å². The summed E-state index contributed by atoms with van der Waals surface area (Å²) in [4.78, 5) is 28.1. The molecule has 214 valence electrons. The number of anilines is 1. The SMILES string of the molecule is CCCCNC(=O)C(C)N(Cc1ccc(F)cc1)C(=O)CN(c1cc(Cl)ccc1Cl)S(=O)(=O)c1ccc(C)cc1. The van der Waals surface area contributed by atoms with Gasteiger partial charge < -0.3 is 10.2 Å². The van der Waals surface area contributed by atoms with Crippen LogP contribution in [0, 0.1) is 12.7 Å². The molecule has 0 bridgehead atoms. The summed E-state index contributed by atoms with van der Waals surface area (Å²) >= 11 is 12.6. The van der Waals surface area contributed by atoms with E-state index in [9.17, 15) is 22.4 Å². The topological polar surface area (TPSA) is 86.8 Å². The van der Waals surface area contributed by atoms with Crippen LogP contribution < -0.4 is 9.62 Å². The van der Waals surface area contributed by atoms with Gasteiger partial charge in [-0.3, -0.25) is 13.9 Å². The number of sulfonamides is 1. The van der Waals surface area contributed by atoms with E-state index >= 15 is 0 Å². The summed E-state index contributed by atoms with van der Waals surface area (Å²) in [5.74, 6) is -1.50. The summed E-state index contributed by atoms with van der Waals surface area (Å²) < 4.78 is 42.2. The van der Waals surface area contributed by atoms with Crippen molar-refractivity contribution in [1.29, 1.82) is 0 Å². The molecular weight excluding hydrogens is 576 g/mol. The summed E-state index contributed by atoms with van der Waals surface area (Å²) in [5, 5.41) is 3.11. The number of benzene rings is 3. The van der Waals surface area contributed by atoms with Gasteiger partial charge >= 0.3 is 0 Å². The fraction of sp³-hybridized carbons (Fsp3) is 0.310. The number of halogens is 3. The van der Waals surface area contributed by atoms with Crippen molar-refractivity contribution in [2.24, 2.45) is 0 Å². The highest BCUT2D eigenvalue weighted by Gasteiger charge is 2.33. The van der Waals surface area contributed by atoms with Gasteiger partial charge in [0.25, 0.3) is 10.0 Å². The minimum absolute atomic E-state index is 0.0184. The molecule has 0 radical (unpaired) electrons. The van der Waals surface area contributed by atoms with Gasteiger partial charge in [-0.1, -0.05) is 66.4 Å². The van der Waals surface area contributed by atoms with Gasteiger partial charge in [-0.15, -0.1) is 0 Å². The van der Waals surface area contributed by atoms with Crippen LogP contribution in [0.5, 0.6) is 0 Å². The molecular formula is C29H32Cl2FN3O4S. The fourth-order valence-corrected chi connectivity index (χ4v) is 5.79. The number of aryl methyl sites for hydroxylation is 1. The Labute approximate surface area is 244 Å². The van der Waals surface area contributed by atoms with Crippen molar-refractivity contribution in [1.82, 2.24) is 10.2 Å². The average molecular weight is 609 g/mol. The van der Waals surface area contributed by atoms with Crippen LogP contribution in [0.1, 0.15) is 37.8 Å². The lowest BCUT2D eigenvalue weighted by molar-refractivity contribution is -0.139. The summed E-state index contributed by atoms with van der Waals surface area (Å²) in [7, 11) is -4.29. The number of carbonyl (C=O) groups is 2. The van der Waals surface area contributed by atoms with E-state index in [1.807, 2.05) is 13.8 Å². The molecule has 0 aliphatic rings. The monoisotopic (exact) mass is 607 g/mol. The number of rotatable bonds is 12. The first-order chi connectivity index (χ1) is 18.9. The lowest BCUT2D eigenvalue weighted by Gasteiger charge is -2.32. The van der Waals surface area contributed by atoms with Crippen LogP contribution in [0.25, 0.3) is 0 Å². The number of nitrogens with one attached hydrogen (secondary N) is 1. The Kier molecular flexibility index (Phi) is 11.0. The largest absolute Gasteiger partial charge is 0.354 e. The Morgan fingerprint density at radius 3 is 2.27 bits per heavy atom. The van der Waals surface area contributed by atoms with E-state index in [0.717, 1.165) is 22.7 Å². The second-order valence-corrected chi connectivity index (χ2v) is 12.1. The van der Waals surface area contributed by atoms with Crippen molar-refractivity contribution in [2.45, 2.75) is 51.1 Å². The van der Waals surface area contributed by atoms with Gasteiger partial charge in [0.2, 0.25) is 11.8 Å². The lowest BCUT2D eigenvalue weighted by Crippen LogP contribution is -2.51. The van der Waals surface area contributed by atoms with Gasteiger partial charge in [0.15, 0.2) is 0 Å². The highest BCUT2D eigenvalue weighted by molar-refractivity contribution is 7.92. The molecule has 40 heavy (non-hydrogen) atoms. The molecule has 0 aliphatic carbocycles. The number of carbonyl (C=O) groups excluding carboxylic acids is 2. The second-order valence-electron chi connectivity index (χ2n) is 9.39. The molecule has 0 spiro atoms. The number of nitrogens with zero attached hydrogens (tertiary/aromatic N) is 2. The first-order valence-corrected chi connectivity index (χ1v) is 15.0. The van der Waals surface area contributed by atoms with E-state index in [4.69, 9.17) is 23.2 Å². The van der Waals surface area contributed by atoms with Crippen molar-refractivity contribution >= 4 is 50.7 Å². The molecule has 3 aromatic rings. The first-order valence-electron chi connectivity index (χ1n) is 12.8. The molecule has 0 aliphatic heterocycles. The molecule has 3 rings (SSSR count). The van der Waals surface area contributed by atoms with Gasteiger partial charge in [-0.2, -0.15) is 0 Å². The zero-order chi connectivity index (χ0) is 29.4. The minimum Gasteiger partial charge on any atom is -0.354 e. The standard InChI is InChI=1S/C29H32Cl2FN3O4S/c1-4-5-16-33-29(37)21(3)34(18-22-8-11-24(32)12-9-22)28(36)19-35(27-17-23(30)10-15-26(27)31)40(38,39)25-13-6-20(2)7-14-25/h6-15,17,21H,4-5,16,18-19H2,1-3H3,(H,33,37). The highest BCUT2D eigenvalue weighted by atomic mass is 35.5. The number of hydrogen-bond donors (Lipinski definition) is 1. The summed E-state index contributed by atoms with van der Waals surface area (Å²) in [6, 6.07) is 15.1. The van der Waals surface area contributed by atoms with E-state index in [0.29, 0.717) is 12.1 Å². The highest BCUT2D eigenvalue weighted by Crippen LogP contribution is 2.33. The van der Waals surface area contributed by atoms with Crippen molar-refractivity contribution in [3.05, 3.63) is 93.7 Å². The molecule has 11 heteroatoms. The number of amides is 2. The number of hydrogen-bond acceptors (Lipinski definition) is 4. The molecule has 1 unspecified atom stereocenters. The van der Waals surface area contributed by atoms with Crippen LogP contribution in [0.4, 0.5) is 10.1 Å². The third kappa shape index (κ3) is 7.96. The predicted octanol–water partition coefficient (Wildman–Crippen LogP) is 5.97. The van der Waals surface area contributed by atoms with Crippen molar-refractivity contribution < 1.29 is 22.4 Å². The smallest absolute Gasteiger partial charge is 0.264 e. The molecule has 7 nitrogen and oxygen atoms in total. The Morgan fingerprint density at radius 1 is 1.00 bits per heavy atom. The maximum absolute atomic E-state index is 13.9. The van der Waals surface area contributed by atoms with Crippen LogP contribution in [0.15, 0.2) is 71.6 Å². The van der Waals surface area contributed by atoms with Gasteiger partial charge in [0, 0.05) is 18.1 Å². The first kappa shape index (κ1) is 31.4. The average Bonchev–Trinajstić information content (AvgIpc) is 2.92. The van der Waals surface area contributed by atoms with Crippen molar-refractivity contribution in [3.63, 3.8) is 0 Å². The molecule has 1 N–H and O–H groups in total. The van der Waals surface area contributed by atoms with E-state index in [1.54, 1.807) is 19.1 Å². The quantitative estimate of drug-likeness (QED) is 0.257. The van der Waals surface area contributed by atoms with Gasteiger partial charge in [0.1, 0.15) is 18.4 Å². The van der Waals surface area contributed by atoms with Crippen LogP contribution in [-0.4, -0.2) is 44.3 Å². The zero-order valence-electron chi connectivity index (χ0n) is 22.5. The molecule has 2 amide bonds. The van der Waals surface area contributed by atoms with Crippen molar-refractivity contribution in [3.8, 4) is 0 Å². The Hall–Kier alpha value is -3.14. The Morgan fingerprint density at radius 2 is 1.65 bits per heavy atom. The van der Waals surface area contributed by atoms with E-state index in [2.05, 4.69) is 5.32 Å². The minimum atomic E-state index is -4.29. The molecule has 0 fully saturated rings. The molecule has 0 saturated carbocycles. The normalized spacial score (nSPS) is 12.1. The van der Waals surface area contributed by atoms with E-state index in [-0.39, 0.29) is 27.2 Å². The maximum atomic E-state index is 13.9. The summed E-state index contributed by atoms with van der Waals surface area (Å²) in [6.07, 6.45) is 1.64. The number of unbranched alkanes of at least 4 members (excludes halogenated alkanes) is 1. The van der Waals surface area contributed by atoms with Crippen LogP contribution in [0.3, 0.4) is 0 Å². The zero-order valence-corrected chi connectivity index (χ0v) is 24.9. The Bertz CT molecular complexity index is 1430. The van der Waals surface area contributed by atoms with Gasteiger partial charge in [0.05, 0.1) is 15.6 Å². The van der Waals surface area contributed by atoms with E-state index in [1.165, 1.54) is 59.5 Å². The molecule has 0 heterocycles. The summed E-state index contributed by atoms with van der Waals surface area (Å²) in [5.41, 5.74) is 1.44. The second kappa shape index (κ2) is 14.0. The van der Waals surface area contributed by atoms with Gasteiger partial charge in [-0.05, 0) is 68.3 Å². The predicted molar refractivity (Wildman–Crippen MR) is 157 cm³/mol. The fourth-order valence-electron chi connectivity index (χ4n) is 3.93. The van der Waals surface area contributed by atoms with Crippen molar-refractivity contribution in [2.75, 3.05) is 17.4 Å². The molecule has 0 aromatic heterocycles. The lowest BCUT2D eigenvalue weighted by atomic mass is 10.1. The molecule has 3 aromatic carbocycles.